The highest BCUT2D eigenvalue weighted by atomic mass is 35.5. The van der Waals surface area contributed by atoms with Crippen molar-refractivity contribution in [3.63, 3.8) is 0 Å². The average molecular weight is 284 g/mol. The minimum atomic E-state index is -0.606. The zero-order valence-electron chi connectivity index (χ0n) is 10.9. The maximum atomic E-state index is 12.0. The molecule has 1 aliphatic carbocycles. The van der Waals surface area contributed by atoms with Crippen LogP contribution < -0.4 is 10.1 Å². The summed E-state index contributed by atoms with van der Waals surface area (Å²) in [6.07, 6.45) is 2.07. The number of ether oxygens (including phenoxy) is 1. The highest BCUT2D eigenvalue weighted by Crippen LogP contribution is 2.31. The van der Waals surface area contributed by atoms with Crippen LogP contribution in [0.1, 0.15) is 26.2 Å². The highest BCUT2D eigenvalue weighted by molar-refractivity contribution is 6.30. The lowest BCUT2D eigenvalue weighted by molar-refractivity contribution is -0.131. The van der Waals surface area contributed by atoms with Gasteiger partial charge in [-0.2, -0.15) is 0 Å². The first kappa shape index (κ1) is 14.2. The smallest absolute Gasteiger partial charge is 0.261 e. The molecule has 4 nitrogen and oxygen atoms in total. The van der Waals surface area contributed by atoms with Crippen LogP contribution >= 0.6 is 11.6 Å². The van der Waals surface area contributed by atoms with Crippen LogP contribution in [0.2, 0.25) is 5.02 Å². The van der Waals surface area contributed by atoms with Gasteiger partial charge < -0.3 is 15.2 Å². The number of aliphatic hydroxyl groups is 1. The zero-order chi connectivity index (χ0) is 13.9. The van der Waals surface area contributed by atoms with Crippen molar-refractivity contribution in [3.8, 4) is 5.75 Å². The predicted molar refractivity (Wildman–Crippen MR) is 73.4 cm³/mol. The van der Waals surface area contributed by atoms with E-state index in [2.05, 4.69) is 5.32 Å². The van der Waals surface area contributed by atoms with Crippen molar-refractivity contribution in [2.24, 2.45) is 0 Å². The fourth-order valence-electron chi connectivity index (χ4n) is 2.06. The van der Waals surface area contributed by atoms with Gasteiger partial charge in [-0.1, -0.05) is 11.6 Å². The normalized spacial score (nSPS) is 18.3. The fraction of sp³-hybridized carbons (Fsp3) is 0.500. The third-order valence-electron chi connectivity index (χ3n) is 3.50. The Morgan fingerprint density at radius 1 is 1.47 bits per heavy atom. The molecule has 0 radical (unpaired) electrons. The lowest BCUT2D eigenvalue weighted by Gasteiger charge is -2.41. The van der Waals surface area contributed by atoms with Gasteiger partial charge in [0, 0.05) is 5.02 Å². The van der Waals surface area contributed by atoms with Crippen LogP contribution in [0.4, 0.5) is 0 Å². The van der Waals surface area contributed by atoms with Crippen LogP contribution in [0.5, 0.6) is 5.75 Å². The minimum Gasteiger partial charge on any atom is -0.481 e. The number of carbonyl (C=O) groups excluding carboxylic acids is 1. The largest absolute Gasteiger partial charge is 0.481 e. The van der Waals surface area contributed by atoms with E-state index in [0.29, 0.717) is 10.8 Å². The van der Waals surface area contributed by atoms with E-state index in [0.717, 1.165) is 19.3 Å². The van der Waals surface area contributed by atoms with E-state index in [9.17, 15) is 9.90 Å². The molecule has 104 valence electrons. The second-order valence-electron chi connectivity index (χ2n) is 5.00. The van der Waals surface area contributed by atoms with Crippen molar-refractivity contribution in [2.75, 3.05) is 6.61 Å². The molecule has 0 aliphatic heterocycles. The first-order valence-corrected chi connectivity index (χ1v) is 6.78. The molecule has 19 heavy (non-hydrogen) atoms. The average Bonchev–Trinajstić information content (AvgIpc) is 2.36. The quantitative estimate of drug-likeness (QED) is 0.870. The topological polar surface area (TPSA) is 58.6 Å². The Bertz CT molecular complexity index is 437. The third kappa shape index (κ3) is 3.39. The van der Waals surface area contributed by atoms with Crippen LogP contribution in [0.15, 0.2) is 24.3 Å². The van der Waals surface area contributed by atoms with E-state index in [4.69, 9.17) is 16.3 Å². The maximum Gasteiger partial charge on any atom is 0.261 e. The molecule has 1 aromatic rings. The number of halogens is 1. The molecule has 1 aromatic carbocycles. The number of carbonyl (C=O) groups is 1. The first-order valence-electron chi connectivity index (χ1n) is 6.40. The lowest BCUT2D eigenvalue weighted by Crippen LogP contribution is -2.58. The molecule has 1 unspecified atom stereocenters. The molecular weight excluding hydrogens is 266 g/mol. The Hall–Kier alpha value is -1.26. The molecule has 0 spiro atoms. The molecule has 2 rings (SSSR count). The summed E-state index contributed by atoms with van der Waals surface area (Å²) in [7, 11) is 0. The van der Waals surface area contributed by atoms with Crippen molar-refractivity contribution < 1.29 is 14.6 Å². The molecule has 1 atom stereocenters. The van der Waals surface area contributed by atoms with Gasteiger partial charge in [-0.15, -0.1) is 0 Å². The van der Waals surface area contributed by atoms with Gasteiger partial charge in [0.05, 0.1) is 12.1 Å². The summed E-state index contributed by atoms with van der Waals surface area (Å²) >= 11 is 5.78. The first-order chi connectivity index (χ1) is 9.04. The van der Waals surface area contributed by atoms with Crippen molar-refractivity contribution >= 4 is 17.5 Å². The highest BCUT2D eigenvalue weighted by Gasteiger charge is 2.38. The van der Waals surface area contributed by atoms with Gasteiger partial charge in [0.25, 0.3) is 5.91 Å². The zero-order valence-corrected chi connectivity index (χ0v) is 11.6. The summed E-state index contributed by atoms with van der Waals surface area (Å²) in [5.74, 6) is 0.391. The van der Waals surface area contributed by atoms with E-state index >= 15 is 0 Å². The standard InChI is InChI=1S/C14H18ClNO3/c1-10(19-12-5-3-11(15)4-6-12)13(18)16-14(9-17)7-2-8-14/h3-6,10,17H,2,7-9H2,1H3,(H,16,18). The van der Waals surface area contributed by atoms with Gasteiger partial charge in [-0.25, -0.2) is 0 Å². The van der Waals surface area contributed by atoms with E-state index < -0.39 is 11.6 Å². The van der Waals surface area contributed by atoms with Crippen LogP contribution in [0, 0.1) is 0 Å². The van der Waals surface area contributed by atoms with Gasteiger partial charge in [0.1, 0.15) is 5.75 Å². The molecule has 1 aliphatic rings. The number of benzene rings is 1. The summed E-state index contributed by atoms with van der Waals surface area (Å²) in [5, 5.41) is 12.8. The molecular formula is C14H18ClNO3. The Morgan fingerprint density at radius 3 is 2.58 bits per heavy atom. The lowest BCUT2D eigenvalue weighted by atomic mass is 9.77. The fourth-order valence-corrected chi connectivity index (χ4v) is 2.19. The summed E-state index contributed by atoms with van der Waals surface area (Å²) < 4.78 is 5.54. The van der Waals surface area contributed by atoms with E-state index in [1.165, 1.54) is 0 Å². The van der Waals surface area contributed by atoms with E-state index in [1.54, 1.807) is 31.2 Å². The molecule has 0 bridgehead atoms. The van der Waals surface area contributed by atoms with Gasteiger partial charge in [-0.3, -0.25) is 4.79 Å². The Balaban J connectivity index is 1.90. The third-order valence-corrected chi connectivity index (χ3v) is 3.75. The number of hydrogen-bond acceptors (Lipinski definition) is 3. The molecule has 0 aromatic heterocycles. The molecule has 5 heteroatoms. The van der Waals surface area contributed by atoms with Gasteiger partial charge in [-0.05, 0) is 50.5 Å². The second kappa shape index (κ2) is 5.80. The molecule has 0 heterocycles. The maximum absolute atomic E-state index is 12.0. The van der Waals surface area contributed by atoms with Gasteiger partial charge in [0.2, 0.25) is 0 Å². The van der Waals surface area contributed by atoms with Crippen molar-refractivity contribution in [3.05, 3.63) is 29.3 Å². The van der Waals surface area contributed by atoms with Crippen LogP contribution in [-0.2, 0) is 4.79 Å². The number of amides is 1. The molecule has 1 saturated carbocycles. The molecule has 2 N–H and O–H groups in total. The van der Waals surface area contributed by atoms with E-state index in [-0.39, 0.29) is 12.5 Å². The van der Waals surface area contributed by atoms with Crippen LogP contribution in [-0.4, -0.2) is 29.3 Å². The van der Waals surface area contributed by atoms with E-state index in [1.807, 2.05) is 0 Å². The summed E-state index contributed by atoms with van der Waals surface area (Å²) in [4.78, 5) is 12.0. The van der Waals surface area contributed by atoms with Gasteiger partial charge >= 0.3 is 0 Å². The second-order valence-corrected chi connectivity index (χ2v) is 5.43. The summed E-state index contributed by atoms with van der Waals surface area (Å²) in [5.41, 5.74) is -0.436. The van der Waals surface area contributed by atoms with Crippen molar-refractivity contribution in [1.29, 1.82) is 0 Å². The number of aliphatic hydroxyl groups excluding tert-OH is 1. The minimum absolute atomic E-state index is 0.0214. The summed E-state index contributed by atoms with van der Waals surface area (Å²) in [6.45, 7) is 1.67. The Kier molecular flexibility index (Phi) is 4.32. The van der Waals surface area contributed by atoms with Crippen molar-refractivity contribution in [1.82, 2.24) is 5.32 Å². The SMILES string of the molecule is CC(Oc1ccc(Cl)cc1)C(=O)NC1(CO)CCC1. The Labute approximate surface area is 117 Å². The number of hydrogen-bond donors (Lipinski definition) is 2. The number of nitrogens with one attached hydrogen (secondary N) is 1. The monoisotopic (exact) mass is 283 g/mol. The predicted octanol–water partition coefficient (Wildman–Crippen LogP) is 2.14. The molecule has 1 amide bonds. The summed E-state index contributed by atoms with van der Waals surface area (Å²) in [6, 6.07) is 6.86. The Morgan fingerprint density at radius 2 is 2.11 bits per heavy atom. The molecule has 0 saturated heterocycles. The van der Waals surface area contributed by atoms with Crippen LogP contribution in [0.3, 0.4) is 0 Å². The molecule has 1 fully saturated rings. The van der Waals surface area contributed by atoms with Crippen LogP contribution in [0.25, 0.3) is 0 Å². The number of rotatable bonds is 5. The van der Waals surface area contributed by atoms with Gasteiger partial charge in [0.15, 0.2) is 6.10 Å². The van der Waals surface area contributed by atoms with Crippen molar-refractivity contribution in [2.45, 2.75) is 37.8 Å².